The van der Waals surface area contributed by atoms with Crippen LogP contribution in [0.1, 0.15) is 46.9 Å². The van der Waals surface area contributed by atoms with Crippen LogP contribution in [0.2, 0.25) is 10.0 Å². The number of phenolic OH excluding ortho intramolecular Hbond substituents is 1. The van der Waals surface area contributed by atoms with Crippen LogP contribution in [0, 0.1) is 0 Å². The number of amides is 2. The van der Waals surface area contributed by atoms with Crippen LogP contribution in [-0.2, 0) is 13.6 Å². The quantitative estimate of drug-likeness (QED) is 0.273. The van der Waals surface area contributed by atoms with Gasteiger partial charge in [-0.05, 0) is 60.9 Å². The molecule has 8 nitrogen and oxygen atoms in total. The van der Waals surface area contributed by atoms with E-state index in [0.29, 0.717) is 32.7 Å². The van der Waals surface area contributed by atoms with Crippen molar-refractivity contribution in [1.82, 2.24) is 19.7 Å². The molecule has 2 amide bonds. The molecule has 0 aliphatic heterocycles. The summed E-state index contributed by atoms with van der Waals surface area (Å²) in [6.45, 7) is 0.260. The number of aromatic hydroxyl groups is 1. The van der Waals surface area contributed by atoms with Crippen molar-refractivity contribution >= 4 is 40.8 Å². The lowest BCUT2D eigenvalue weighted by atomic mass is 9.82. The zero-order chi connectivity index (χ0) is 26.1. The number of nitrogens with zero attached hydrogens (tertiary/aromatic N) is 3. The highest BCUT2D eigenvalue weighted by molar-refractivity contribution is 6.42. The molecule has 0 saturated heterocycles. The van der Waals surface area contributed by atoms with Crippen molar-refractivity contribution in [2.24, 2.45) is 7.05 Å². The molecule has 1 saturated carbocycles. The number of aryl methyl sites for hydroxylation is 1. The minimum atomic E-state index is -0.370. The number of carbonyl (C=O) groups excluding carboxylic acids is 2. The van der Waals surface area contributed by atoms with Crippen LogP contribution in [0.15, 0.2) is 60.8 Å². The Bertz CT molecular complexity index is 1490. The minimum Gasteiger partial charge on any atom is -0.507 e. The second-order valence-corrected chi connectivity index (χ2v) is 9.91. The van der Waals surface area contributed by atoms with Crippen molar-refractivity contribution in [3.63, 3.8) is 0 Å². The average molecular weight is 538 g/mol. The van der Waals surface area contributed by atoms with Gasteiger partial charge in [-0.3, -0.25) is 4.79 Å². The van der Waals surface area contributed by atoms with Crippen LogP contribution in [0.25, 0.3) is 11.3 Å². The summed E-state index contributed by atoms with van der Waals surface area (Å²) < 4.78 is 3.09. The third-order valence-corrected chi connectivity index (χ3v) is 7.33. The fourth-order valence-electron chi connectivity index (χ4n) is 4.30. The van der Waals surface area contributed by atoms with Crippen LogP contribution < -0.4 is 10.6 Å². The molecule has 37 heavy (non-hydrogen) atoms. The van der Waals surface area contributed by atoms with Gasteiger partial charge in [0.2, 0.25) is 0 Å². The fraction of sp³-hybridized carbons (Fsp3) is 0.222. The number of aromatic nitrogens is 3. The Balaban J connectivity index is 1.36. The molecule has 3 N–H and O–H groups in total. The Labute approximate surface area is 223 Å². The van der Waals surface area contributed by atoms with Crippen molar-refractivity contribution in [3.05, 3.63) is 87.8 Å². The lowest BCUT2D eigenvalue weighted by Crippen LogP contribution is -2.31. The van der Waals surface area contributed by atoms with E-state index in [1.807, 2.05) is 6.07 Å². The second-order valence-electron chi connectivity index (χ2n) is 9.09. The molecule has 0 bridgehead atoms. The van der Waals surface area contributed by atoms with Crippen LogP contribution in [-0.4, -0.2) is 31.4 Å². The Morgan fingerprint density at radius 3 is 2.54 bits per heavy atom. The molecule has 2 aromatic heterocycles. The predicted molar refractivity (Wildman–Crippen MR) is 143 cm³/mol. The number of carbonyl (C=O) groups is 2. The zero-order valence-corrected chi connectivity index (χ0v) is 21.6. The summed E-state index contributed by atoms with van der Waals surface area (Å²) in [7, 11) is 1.78. The van der Waals surface area contributed by atoms with Gasteiger partial charge in [0.05, 0.1) is 21.4 Å². The maximum absolute atomic E-state index is 13.1. The molecule has 4 aromatic rings. The molecule has 1 aliphatic carbocycles. The summed E-state index contributed by atoms with van der Waals surface area (Å²) in [5.74, 6) is -0.108. The Morgan fingerprint density at radius 2 is 1.89 bits per heavy atom. The number of hydrogen-bond acceptors (Lipinski definition) is 4. The first-order chi connectivity index (χ1) is 17.8. The number of rotatable bonds is 6. The fourth-order valence-corrected chi connectivity index (χ4v) is 4.63. The van der Waals surface area contributed by atoms with E-state index in [-0.39, 0.29) is 30.2 Å². The van der Waals surface area contributed by atoms with Crippen LogP contribution in [0.4, 0.5) is 10.5 Å². The zero-order valence-electron chi connectivity index (χ0n) is 20.0. The Hall–Kier alpha value is -3.75. The highest BCUT2D eigenvalue weighted by Gasteiger charge is 2.27. The van der Waals surface area contributed by atoms with Crippen molar-refractivity contribution in [2.75, 3.05) is 5.32 Å². The first kappa shape index (κ1) is 24.9. The summed E-state index contributed by atoms with van der Waals surface area (Å²) in [6.07, 6.45) is 4.83. The number of anilines is 1. The summed E-state index contributed by atoms with van der Waals surface area (Å²) in [5.41, 5.74) is 3.50. The van der Waals surface area contributed by atoms with Crippen LogP contribution >= 0.6 is 23.2 Å². The largest absolute Gasteiger partial charge is 0.507 e. The molecule has 10 heteroatoms. The smallest absolute Gasteiger partial charge is 0.342 e. The van der Waals surface area contributed by atoms with Gasteiger partial charge in [0.1, 0.15) is 11.4 Å². The summed E-state index contributed by atoms with van der Waals surface area (Å²) in [5, 5.41) is 21.8. The lowest BCUT2D eigenvalue weighted by molar-refractivity contribution is 0.101. The van der Waals surface area contributed by atoms with Crippen LogP contribution in [0.3, 0.4) is 0 Å². The standard InChI is InChI=1S/C27H25Cl2N5O3/c1-33-11-3-6-23(33)26(36)31-18-8-9-19(25(35)13-18)22-14-24(17-4-2-5-17)34(32-22)27(37)30-15-16-7-10-20(28)21(29)12-16/h3,6-14,17,35H,2,4-5,15H2,1H3,(H,30,37)(H,31,36). The van der Waals surface area contributed by atoms with E-state index in [9.17, 15) is 14.7 Å². The maximum Gasteiger partial charge on any atom is 0.342 e. The molecular weight excluding hydrogens is 513 g/mol. The normalized spacial score (nSPS) is 13.3. The predicted octanol–water partition coefficient (Wildman–Crippen LogP) is 6.18. The lowest BCUT2D eigenvalue weighted by Gasteiger charge is -2.25. The molecule has 0 radical (unpaired) electrons. The van der Waals surface area contributed by atoms with E-state index < -0.39 is 0 Å². The molecule has 0 spiro atoms. The molecule has 1 fully saturated rings. The number of halogens is 2. The van der Waals surface area contributed by atoms with Gasteiger partial charge in [0.25, 0.3) is 5.91 Å². The molecule has 0 atom stereocenters. The third-order valence-electron chi connectivity index (χ3n) is 6.59. The monoisotopic (exact) mass is 537 g/mol. The highest BCUT2D eigenvalue weighted by atomic mass is 35.5. The molecule has 2 heterocycles. The van der Waals surface area contributed by atoms with Crippen molar-refractivity contribution in [2.45, 2.75) is 31.7 Å². The molecule has 5 rings (SSSR count). The van der Waals surface area contributed by atoms with Gasteiger partial charge in [-0.1, -0.05) is 35.7 Å². The summed E-state index contributed by atoms with van der Waals surface area (Å²) in [4.78, 5) is 25.6. The Kier molecular flexibility index (Phi) is 6.95. The van der Waals surface area contributed by atoms with Gasteiger partial charge < -0.3 is 20.3 Å². The van der Waals surface area contributed by atoms with E-state index in [2.05, 4.69) is 15.7 Å². The first-order valence-electron chi connectivity index (χ1n) is 11.9. The van der Waals surface area contributed by atoms with E-state index >= 15 is 0 Å². The molecule has 2 aromatic carbocycles. The second kappa shape index (κ2) is 10.3. The van der Waals surface area contributed by atoms with Gasteiger partial charge in [0.15, 0.2) is 0 Å². The van der Waals surface area contributed by atoms with Gasteiger partial charge >= 0.3 is 6.03 Å². The Morgan fingerprint density at radius 1 is 1.08 bits per heavy atom. The summed E-state index contributed by atoms with van der Waals surface area (Å²) >= 11 is 12.1. The van der Waals surface area contributed by atoms with Crippen molar-refractivity contribution in [1.29, 1.82) is 0 Å². The van der Waals surface area contributed by atoms with Crippen molar-refractivity contribution < 1.29 is 14.7 Å². The number of benzene rings is 2. The molecule has 1 aliphatic rings. The third kappa shape index (κ3) is 5.21. The average Bonchev–Trinajstić information content (AvgIpc) is 3.45. The SMILES string of the molecule is Cn1cccc1C(=O)Nc1ccc(-c2cc(C3CCC3)n(C(=O)NCc3ccc(Cl)c(Cl)c3)n2)c(O)c1. The van der Waals surface area contributed by atoms with Crippen LogP contribution in [0.5, 0.6) is 5.75 Å². The summed E-state index contributed by atoms with van der Waals surface area (Å²) in [6, 6.07) is 15.0. The first-order valence-corrected chi connectivity index (χ1v) is 12.6. The number of hydrogen-bond donors (Lipinski definition) is 3. The van der Waals surface area contributed by atoms with Gasteiger partial charge in [0, 0.05) is 43.0 Å². The molecular formula is C27H25Cl2N5O3. The van der Waals surface area contributed by atoms with Crippen molar-refractivity contribution in [3.8, 4) is 17.0 Å². The maximum atomic E-state index is 13.1. The van der Waals surface area contributed by atoms with E-state index in [1.165, 1.54) is 10.7 Å². The van der Waals surface area contributed by atoms with E-state index in [4.69, 9.17) is 23.2 Å². The van der Waals surface area contributed by atoms with E-state index in [1.54, 1.807) is 60.3 Å². The molecule has 0 unspecified atom stereocenters. The number of phenols is 1. The minimum absolute atomic E-state index is 0.0503. The highest BCUT2D eigenvalue weighted by Crippen LogP contribution is 2.39. The molecule has 190 valence electrons. The number of nitrogens with one attached hydrogen (secondary N) is 2. The van der Waals surface area contributed by atoms with E-state index in [0.717, 1.165) is 30.5 Å². The van der Waals surface area contributed by atoms with Gasteiger partial charge in [-0.2, -0.15) is 9.78 Å². The topological polar surface area (TPSA) is 101 Å². The van der Waals surface area contributed by atoms with Gasteiger partial charge in [-0.25, -0.2) is 4.79 Å². The van der Waals surface area contributed by atoms with Gasteiger partial charge in [-0.15, -0.1) is 0 Å².